The quantitative estimate of drug-likeness (QED) is 0.184. The van der Waals surface area contributed by atoms with Crippen molar-refractivity contribution < 1.29 is 43.3 Å². The lowest BCUT2D eigenvalue weighted by atomic mass is 9.92. The van der Waals surface area contributed by atoms with Gasteiger partial charge in [-0.3, -0.25) is 19.2 Å². The Morgan fingerprint density at radius 3 is 2.27 bits per heavy atom. The molecule has 1 aliphatic rings. The van der Waals surface area contributed by atoms with E-state index in [1.807, 2.05) is 0 Å². The minimum Gasteiger partial charge on any atom is -0.497 e. The van der Waals surface area contributed by atoms with Crippen molar-refractivity contribution >= 4 is 41.0 Å². The average Bonchev–Trinajstić information content (AvgIpc) is 3.02. The molecule has 13 heteroatoms. The topological polar surface area (TPSA) is 168 Å². The van der Waals surface area contributed by atoms with Crippen molar-refractivity contribution in [2.75, 3.05) is 30.9 Å². The number of nitrogens with zero attached hydrogens (tertiary/aromatic N) is 1. The molecule has 3 aromatic rings. The fourth-order valence-electron chi connectivity index (χ4n) is 4.52. The Morgan fingerprint density at radius 2 is 1.66 bits per heavy atom. The van der Waals surface area contributed by atoms with E-state index in [-0.39, 0.29) is 24.8 Å². The number of ketones is 1. The molecule has 0 saturated carbocycles. The van der Waals surface area contributed by atoms with Gasteiger partial charge in [0.2, 0.25) is 5.91 Å². The lowest BCUT2D eigenvalue weighted by Crippen LogP contribution is -2.57. The summed E-state index contributed by atoms with van der Waals surface area (Å²) in [6, 6.07) is 17.7. The van der Waals surface area contributed by atoms with Crippen LogP contribution >= 0.6 is 11.8 Å². The Hall–Kier alpha value is -4.46. The first kappa shape index (κ1) is 32.5. The number of anilines is 1. The third-order valence-electron chi connectivity index (χ3n) is 6.92. The predicted molar refractivity (Wildman–Crippen MR) is 161 cm³/mol. The van der Waals surface area contributed by atoms with Crippen LogP contribution in [0.15, 0.2) is 72.8 Å². The molecule has 11 nitrogen and oxygen atoms in total. The van der Waals surface area contributed by atoms with Crippen LogP contribution in [0.5, 0.6) is 11.5 Å². The number of hydrogen-bond donors (Lipinski definition) is 4. The van der Waals surface area contributed by atoms with Crippen LogP contribution in [-0.4, -0.2) is 71.1 Å². The van der Waals surface area contributed by atoms with Gasteiger partial charge in [-0.1, -0.05) is 24.3 Å². The number of aliphatic carboxylic acids is 1. The molecule has 0 aliphatic carbocycles. The van der Waals surface area contributed by atoms with Gasteiger partial charge in [0.25, 0.3) is 5.91 Å². The molecule has 232 valence electrons. The zero-order valence-electron chi connectivity index (χ0n) is 23.7. The number of carbonyl (C=O) groups is 4. The molecule has 1 aliphatic heterocycles. The molecule has 1 fully saturated rings. The molecule has 4 rings (SSSR count). The molecule has 5 N–H and O–H groups in total. The molecular formula is C31H32FN3O8S. The van der Waals surface area contributed by atoms with E-state index in [2.05, 4.69) is 5.32 Å². The fourth-order valence-corrected chi connectivity index (χ4v) is 5.82. The third-order valence-corrected chi connectivity index (χ3v) is 8.25. The van der Waals surface area contributed by atoms with Gasteiger partial charge in [0.15, 0.2) is 12.4 Å². The van der Waals surface area contributed by atoms with E-state index in [1.54, 1.807) is 60.5 Å². The van der Waals surface area contributed by atoms with Crippen LogP contribution < -0.4 is 25.4 Å². The van der Waals surface area contributed by atoms with Crippen molar-refractivity contribution in [3.05, 3.63) is 89.7 Å². The third kappa shape index (κ3) is 8.13. The van der Waals surface area contributed by atoms with E-state index >= 15 is 0 Å². The summed E-state index contributed by atoms with van der Waals surface area (Å²) in [4.78, 5) is 49.5. The number of aliphatic hydroxyl groups excluding tert-OH is 1. The number of rotatable bonds is 15. The van der Waals surface area contributed by atoms with Crippen LogP contribution in [0.1, 0.15) is 29.7 Å². The van der Waals surface area contributed by atoms with Crippen molar-refractivity contribution in [3.8, 4) is 11.5 Å². The number of nitrogens with one attached hydrogen (secondary N) is 1. The molecule has 3 aromatic carbocycles. The summed E-state index contributed by atoms with van der Waals surface area (Å²) in [5, 5.41) is 21.4. The number of carbonyl (C=O) groups excluding carboxylic acids is 3. The smallest absolute Gasteiger partial charge is 0.320 e. The highest BCUT2D eigenvalue weighted by atomic mass is 32.2. The van der Waals surface area contributed by atoms with Gasteiger partial charge in [-0.05, 0) is 59.7 Å². The van der Waals surface area contributed by atoms with Crippen LogP contribution in [0.25, 0.3) is 0 Å². The molecule has 1 saturated heterocycles. The predicted octanol–water partition coefficient (Wildman–Crippen LogP) is 2.62. The molecule has 1 unspecified atom stereocenters. The number of hydrogen-bond acceptors (Lipinski definition) is 9. The van der Waals surface area contributed by atoms with Gasteiger partial charge in [0.1, 0.15) is 28.6 Å². The van der Waals surface area contributed by atoms with Gasteiger partial charge in [0.05, 0.1) is 25.8 Å². The van der Waals surface area contributed by atoms with Gasteiger partial charge < -0.3 is 35.6 Å². The first-order chi connectivity index (χ1) is 21.1. The Balaban J connectivity index is 1.39. The van der Waals surface area contributed by atoms with Gasteiger partial charge in [-0.2, -0.15) is 0 Å². The number of ether oxygens (including phenoxy) is 2. The van der Waals surface area contributed by atoms with Crippen molar-refractivity contribution in [1.29, 1.82) is 0 Å². The highest BCUT2D eigenvalue weighted by Gasteiger charge is 2.49. The first-order valence-electron chi connectivity index (χ1n) is 13.6. The second-order valence-corrected chi connectivity index (χ2v) is 11.2. The standard InChI is InChI=1S/C31H32FN3O8S/c1-42-23-10-2-18(3-11-23)26(37)17-44-29-28(35(30(29)39)21-8-6-20(32)7-9-21)19-4-12-24(13-5-19)43-16-27(38)34-15-22(36)14-25(33)31(40)41/h2-13,25-26,28-29,37H,14-17,33H2,1H3,(H,34,38)(H,40,41)/t25-,26?,28-,29-/m1/s1. The summed E-state index contributed by atoms with van der Waals surface area (Å²) < 4.78 is 24.3. The minimum atomic E-state index is -1.34. The lowest BCUT2D eigenvalue weighted by Gasteiger charge is -2.47. The van der Waals surface area contributed by atoms with E-state index in [1.165, 1.54) is 36.0 Å². The molecular weight excluding hydrogens is 593 g/mol. The Kier molecular flexibility index (Phi) is 10.9. The monoisotopic (exact) mass is 625 g/mol. The highest BCUT2D eigenvalue weighted by Crippen LogP contribution is 2.46. The van der Waals surface area contributed by atoms with Crippen LogP contribution in [-0.2, 0) is 19.2 Å². The Labute approximate surface area is 257 Å². The zero-order valence-corrected chi connectivity index (χ0v) is 24.5. The highest BCUT2D eigenvalue weighted by molar-refractivity contribution is 8.00. The normalized spacial score (nSPS) is 17.3. The minimum absolute atomic E-state index is 0.176. The number of carboxylic acid groups (broad SMARTS) is 1. The molecule has 1 heterocycles. The largest absolute Gasteiger partial charge is 0.497 e. The van der Waals surface area contributed by atoms with Crippen molar-refractivity contribution in [1.82, 2.24) is 5.32 Å². The first-order valence-corrected chi connectivity index (χ1v) is 14.6. The van der Waals surface area contributed by atoms with Gasteiger partial charge in [-0.25, -0.2) is 4.39 Å². The van der Waals surface area contributed by atoms with E-state index in [9.17, 15) is 28.7 Å². The SMILES string of the molecule is COc1ccc(C(O)CS[C@H]2C(=O)N(c3ccc(F)cc3)[C@@H]2c2ccc(OCC(=O)NCC(=O)C[C@@H](N)C(=O)O)cc2)cc1. The molecule has 0 spiro atoms. The summed E-state index contributed by atoms with van der Waals surface area (Å²) in [5.41, 5.74) is 7.31. The van der Waals surface area contributed by atoms with Crippen LogP contribution in [0.4, 0.5) is 10.1 Å². The molecule has 0 radical (unpaired) electrons. The van der Waals surface area contributed by atoms with Crippen molar-refractivity contribution in [3.63, 3.8) is 0 Å². The lowest BCUT2D eigenvalue weighted by molar-refractivity contribution is -0.140. The maximum absolute atomic E-state index is 13.6. The summed E-state index contributed by atoms with van der Waals surface area (Å²) in [5.74, 6) is -1.72. The number of methoxy groups -OCH3 is 1. The fraction of sp³-hybridized carbons (Fsp3) is 0.290. The summed E-state index contributed by atoms with van der Waals surface area (Å²) >= 11 is 1.32. The zero-order chi connectivity index (χ0) is 31.8. The number of amides is 2. The van der Waals surface area contributed by atoms with E-state index in [0.29, 0.717) is 22.7 Å². The Morgan fingerprint density at radius 1 is 1.02 bits per heavy atom. The van der Waals surface area contributed by atoms with Crippen LogP contribution in [0.3, 0.4) is 0 Å². The number of benzene rings is 3. The van der Waals surface area contributed by atoms with Crippen LogP contribution in [0.2, 0.25) is 0 Å². The second-order valence-electron chi connectivity index (χ2n) is 9.99. The maximum Gasteiger partial charge on any atom is 0.320 e. The molecule has 4 atom stereocenters. The Bertz CT molecular complexity index is 1470. The maximum atomic E-state index is 13.6. The average molecular weight is 626 g/mol. The number of Topliss-reactive ketones (excluding diaryl/α,β-unsaturated/α-hetero) is 1. The summed E-state index contributed by atoms with van der Waals surface area (Å²) in [6.45, 7) is -0.758. The molecule has 0 bridgehead atoms. The number of halogens is 1. The number of thioether (sulfide) groups is 1. The number of nitrogens with two attached hydrogens (primary N) is 1. The summed E-state index contributed by atoms with van der Waals surface area (Å²) in [6.07, 6.45) is -1.22. The molecule has 44 heavy (non-hydrogen) atoms. The van der Waals surface area contributed by atoms with E-state index in [4.69, 9.17) is 20.3 Å². The number of β-lactam (4-membered cyclic amide) rings is 1. The second kappa shape index (κ2) is 14.8. The van der Waals surface area contributed by atoms with E-state index < -0.39 is 53.3 Å². The molecule has 0 aromatic heterocycles. The molecule has 2 amide bonds. The van der Waals surface area contributed by atoms with Crippen molar-refractivity contribution in [2.24, 2.45) is 5.73 Å². The van der Waals surface area contributed by atoms with E-state index in [0.717, 1.165) is 5.56 Å². The summed E-state index contributed by atoms with van der Waals surface area (Å²) in [7, 11) is 1.56. The van der Waals surface area contributed by atoms with Gasteiger partial charge in [-0.15, -0.1) is 11.8 Å². The van der Waals surface area contributed by atoms with Crippen LogP contribution in [0, 0.1) is 5.82 Å². The van der Waals surface area contributed by atoms with Gasteiger partial charge >= 0.3 is 5.97 Å². The number of carboxylic acids is 1. The van der Waals surface area contributed by atoms with Gasteiger partial charge in [0, 0.05) is 17.9 Å². The number of aliphatic hydroxyl groups is 1. The van der Waals surface area contributed by atoms with Crippen molar-refractivity contribution in [2.45, 2.75) is 29.9 Å².